The van der Waals surface area contributed by atoms with Crippen LogP contribution in [0.25, 0.3) is 0 Å². The molecule has 2 heterocycles. The Bertz CT molecular complexity index is 1020. The van der Waals surface area contributed by atoms with E-state index in [-0.39, 0.29) is 23.3 Å². The predicted molar refractivity (Wildman–Crippen MR) is 120 cm³/mol. The third kappa shape index (κ3) is 5.88. The van der Waals surface area contributed by atoms with E-state index in [0.29, 0.717) is 11.1 Å². The number of para-hydroxylation sites is 1. The van der Waals surface area contributed by atoms with Crippen LogP contribution in [0.2, 0.25) is 0 Å². The molecule has 0 saturated carbocycles. The Kier molecular flexibility index (Phi) is 7.42. The first kappa shape index (κ1) is 22.3. The molecular formula is C24H26FN3O3S. The molecule has 0 N–H and O–H groups in total. The minimum Gasteiger partial charge on any atom is -0.478 e. The number of aromatic nitrogens is 2. The fraction of sp³-hybridized carbons (Fsp3) is 0.375. The van der Waals surface area contributed by atoms with Crippen molar-refractivity contribution in [2.75, 3.05) is 18.8 Å². The number of hydrogen-bond donors (Lipinski definition) is 0. The van der Waals surface area contributed by atoms with Gasteiger partial charge in [-0.1, -0.05) is 54.2 Å². The number of thioether (sulfide) groups is 1. The van der Waals surface area contributed by atoms with Crippen molar-refractivity contribution in [3.63, 3.8) is 0 Å². The first-order chi connectivity index (χ1) is 15.6. The second kappa shape index (κ2) is 10.6. The van der Waals surface area contributed by atoms with Gasteiger partial charge >= 0.3 is 0 Å². The van der Waals surface area contributed by atoms with E-state index in [1.807, 2.05) is 11.0 Å². The molecule has 2 aromatic carbocycles. The quantitative estimate of drug-likeness (QED) is 0.449. The number of benzene rings is 2. The van der Waals surface area contributed by atoms with Crippen LogP contribution in [0.1, 0.15) is 37.3 Å². The van der Waals surface area contributed by atoms with Gasteiger partial charge in [0.1, 0.15) is 0 Å². The number of ether oxygens (including phenoxy) is 1. The maximum absolute atomic E-state index is 13.8. The summed E-state index contributed by atoms with van der Waals surface area (Å²) >= 11 is 1.21. The van der Waals surface area contributed by atoms with E-state index < -0.39 is 11.9 Å². The summed E-state index contributed by atoms with van der Waals surface area (Å²) in [5.41, 5.74) is 1.35. The van der Waals surface area contributed by atoms with Gasteiger partial charge in [-0.2, -0.15) is 0 Å². The number of carbonyl (C=O) groups excluding carboxylic acids is 1. The summed E-state index contributed by atoms with van der Waals surface area (Å²) < 4.78 is 24.9. The van der Waals surface area contributed by atoms with Gasteiger partial charge in [-0.25, -0.2) is 4.39 Å². The molecule has 0 bridgehead atoms. The number of carbonyl (C=O) groups is 1. The summed E-state index contributed by atoms with van der Waals surface area (Å²) in [4.78, 5) is 14.5. The Morgan fingerprint density at radius 2 is 1.88 bits per heavy atom. The summed E-state index contributed by atoms with van der Waals surface area (Å²) in [5.74, 6) is 0.843. The van der Waals surface area contributed by atoms with Crippen LogP contribution >= 0.6 is 11.8 Å². The second-order valence-corrected chi connectivity index (χ2v) is 8.83. The summed E-state index contributed by atoms with van der Waals surface area (Å²) in [7, 11) is 0. The number of piperidine rings is 1. The average Bonchev–Trinajstić information content (AvgIpc) is 3.29. The molecule has 1 atom stereocenters. The van der Waals surface area contributed by atoms with E-state index in [4.69, 9.17) is 9.15 Å². The molecule has 1 saturated heterocycles. The lowest BCUT2D eigenvalue weighted by molar-refractivity contribution is -0.129. The van der Waals surface area contributed by atoms with Crippen LogP contribution in [0.5, 0.6) is 5.75 Å². The molecule has 0 spiro atoms. The highest BCUT2D eigenvalue weighted by Gasteiger charge is 2.24. The summed E-state index contributed by atoms with van der Waals surface area (Å²) in [6, 6.07) is 16.7. The van der Waals surface area contributed by atoms with Gasteiger partial charge in [0, 0.05) is 13.1 Å². The highest BCUT2D eigenvalue weighted by atomic mass is 32.2. The molecule has 8 heteroatoms. The molecule has 1 amide bonds. The van der Waals surface area contributed by atoms with Gasteiger partial charge in [0.15, 0.2) is 17.7 Å². The second-order valence-electron chi connectivity index (χ2n) is 7.90. The Labute approximate surface area is 191 Å². The number of rotatable bonds is 8. The van der Waals surface area contributed by atoms with E-state index in [2.05, 4.69) is 34.5 Å². The van der Waals surface area contributed by atoms with Crippen LogP contribution in [0, 0.1) is 11.7 Å². The van der Waals surface area contributed by atoms with Gasteiger partial charge in [0.2, 0.25) is 5.91 Å². The lowest BCUT2D eigenvalue weighted by Gasteiger charge is -2.32. The minimum absolute atomic E-state index is 0.0727. The van der Waals surface area contributed by atoms with Gasteiger partial charge in [-0.05, 0) is 49.8 Å². The first-order valence-electron chi connectivity index (χ1n) is 10.8. The number of amides is 1. The minimum atomic E-state index is -0.604. The Hall–Kier alpha value is -2.87. The number of hydrogen-bond acceptors (Lipinski definition) is 6. The smallest absolute Gasteiger partial charge is 0.277 e. The van der Waals surface area contributed by atoms with Gasteiger partial charge in [0.25, 0.3) is 11.1 Å². The Balaban J connectivity index is 1.22. The molecule has 1 aromatic heterocycles. The molecular weight excluding hydrogens is 429 g/mol. The molecule has 1 aliphatic heterocycles. The van der Waals surface area contributed by atoms with Crippen LogP contribution in [-0.2, 0) is 11.2 Å². The van der Waals surface area contributed by atoms with Crippen molar-refractivity contribution in [2.24, 2.45) is 5.92 Å². The summed E-state index contributed by atoms with van der Waals surface area (Å²) in [5, 5.41) is 8.25. The first-order valence-corrected chi connectivity index (χ1v) is 11.8. The Morgan fingerprint density at radius 1 is 1.16 bits per heavy atom. The monoisotopic (exact) mass is 455 g/mol. The maximum atomic E-state index is 13.8. The molecule has 0 aliphatic carbocycles. The van der Waals surface area contributed by atoms with E-state index in [0.717, 1.165) is 32.4 Å². The molecule has 168 valence electrons. The molecule has 1 aliphatic rings. The normalized spacial score (nSPS) is 15.5. The summed E-state index contributed by atoms with van der Waals surface area (Å²) in [6.07, 6.45) is 2.49. The van der Waals surface area contributed by atoms with Crippen molar-refractivity contribution in [3.8, 4) is 5.75 Å². The largest absolute Gasteiger partial charge is 0.478 e. The number of nitrogens with zero attached hydrogens (tertiary/aromatic N) is 3. The molecule has 4 rings (SSSR count). The zero-order valence-electron chi connectivity index (χ0n) is 17.9. The standard InChI is InChI=1S/C24H26FN3O3S/c1-17(30-21-10-6-5-9-20(21)25)23-26-27-24(31-23)32-16-22(29)28-13-11-19(12-14-28)15-18-7-3-2-4-8-18/h2-10,17,19H,11-16H2,1H3/t17-/m1/s1. The molecule has 1 fully saturated rings. The lowest BCUT2D eigenvalue weighted by Crippen LogP contribution is -2.39. The fourth-order valence-corrected chi connectivity index (χ4v) is 4.45. The zero-order chi connectivity index (χ0) is 22.3. The highest BCUT2D eigenvalue weighted by Crippen LogP contribution is 2.26. The topological polar surface area (TPSA) is 68.5 Å². The average molecular weight is 456 g/mol. The molecule has 0 unspecified atom stereocenters. The van der Waals surface area contributed by atoms with Crippen molar-refractivity contribution in [3.05, 3.63) is 71.9 Å². The molecule has 6 nitrogen and oxygen atoms in total. The van der Waals surface area contributed by atoms with Crippen LogP contribution in [0.15, 0.2) is 64.2 Å². The fourth-order valence-electron chi connectivity index (χ4n) is 3.77. The van der Waals surface area contributed by atoms with Crippen LogP contribution < -0.4 is 4.74 Å². The van der Waals surface area contributed by atoms with Crippen molar-refractivity contribution in [1.29, 1.82) is 0 Å². The number of likely N-dealkylation sites (tertiary alicyclic amines) is 1. The summed E-state index contributed by atoms with van der Waals surface area (Å²) in [6.45, 7) is 3.26. The van der Waals surface area contributed by atoms with E-state index in [1.54, 1.807) is 25.1 Å². The zero-order valence-corrected chi connectivity index (χ0v) is 18.8. The van der Waals surface area contributed by atoms with E-state index in [9.17, 15) is 9.18 Å². The maximum Gasteiger partial charge on any atom is 0.277 e. The van der Waals surface area contributed by atoms with Gasteiger partial charge in [0.05, 0.1) is 5.75 Å². The number of halogens is 1. The molecule has 0 radical (unpaired) electrons. The SMILES string of the molecule is C[C@@H](Oc1ccccc1F)c1nnc(SCC(=O)N2CCC(Cc3ccccc3)CC2)o1. The van der Waals surface area contributed by atoms with Crippen molar-refractivity contribution in [1.82, 2.24) is 15.1 Å². The lowest BCUT2D eigenvalue weighted by atomic mass is 9.90. The van der Waals surface area contributed by atoms with Gasteiger partial charge in [-0.3, -0.25) is 4.79 Å². The molecule has 3 aromatic rings. The van der Waals surface area contributed by atoms with Crippen LogP contribution in [0.3, 0.4) is 0 Å². The third-order valence-corrected chi connectivity index (χ3v) is 6.37. The van der Waals surface area contributed by atoms with E-state index >= 15 is 0 Å². The molecule has 32 heavy (non-hydrogen) atoms. The van der Waals surface area contributed by atoms with E-state index in [1.165, 1.54) is 23.4 Å². The van der Waals surface area contributed by atoms with Crippen molar-refractivity contribution in [2.45, 2.75) is 37.5 Å². The van der Waals surface area contributed by atoms with Crippen LogP contribution in [-0.4, -0.2) is 39.8 Å². The van der Waals surface area contributed by atoms with Gasteiger partial charge in [-0.15, -0.1) is 10.2 Å². The van der Waals surface area contributed by atoms with Crippen molar-refractivity contribution >= 4 is 17.7 Å². The third-order valence-electron chi connectivity index (χ3n) is 5.56. The van der Waals surface area contributed by atoms with Crippen molar-refractivity contribution < 1.29 is 18.3 Å². The van der Waals surface area contributed by atoms with Crippen LogP contribution in [0.4, 0.5) is 4.39 Å². The predicted octanol–water partition coefficient (Wildman–Crippen LogP) is 4.92. The Morgan fingerprint density at radius 3 is 2.62 bits per heavy atom. The highest BCUT2D eigenvalue weighted by molar-refractivity contribution is 7.99. The van der Waals surface area contributed by atoms with Gasteiger partial charge < -0.3 is 14.1 Å².